The molecule has 11 N–H and O–H groups in total. The summed E-state index contributed by atoms with van der Waals surface area (Å²) in [5, 5.41) is 119. The molecule has 23 atom stereocenters. The number of carbonyl (C=O) groups excluding carboxylic acids is 1. The fraction of sp³-hybridized carbons (Fsp3) is 0.915. The minimum absolute atomic E-state index is 0.00274. The lowest BCUT2D eigenvalue weighted by Gasteiger charge is -2.71. The monoisotopic (exact) mass is 942 g/mol. The van der Waals surface area contributed by atoms with Gasteiger partial charge in [0, 0.05) is 17.8 Å². The maximum absolute atomic E-state index is 14.1. The molecule has 0 aromatic carbocycles. The fourth-order valence-electron chi connectivity index (χ4n) is 14.6. The zero-order chi connectivity index (χ0) is 48.4. The van der Waals surface area contributed by atoms with E-state index in [2.05, 4.69) is 54.5 Å². The number of hydrogen-bond acceptors (Lipinski definition) is 18. The Labute approximate surface area is 385 Å². The molecule has 0 amide bonds. The van der Waals surface area contributed by atoms with Crippen LogP contribution >= 0.6 is 0 Å². The summed E-state index contributed by atoms with van der Waals surface area (Å²) in [4.78, 5) is 26.7. The van der Waals surface area contributed by atoms with Crippen molar-refractivity contribution in [2.45, 2.75) is 210 Å². The van der Waals surface area contributed by atoms with Crippen LogP contribution in [-0.4, -0.2) is 185 Å². The van der Waals surface area contributed by atoms with Gasteiger partial charge < -0.3 is 84.6 Å². The lowest BCUT2D eigenvalue weighted by Crippen LogP contribution is -2.68. The second-order valence-corrected chi connectivity index (χ2v) is 23.1. The van der Waals surface area contributed by atoms with E-state index in [1.165, 1.54) is 5.57 Å². The number of aliphatic hydroxyl groups excluding tert-OH is 9. The molecule has 0 bridgehead atoms. The number of ether oxygens (including phenoxy) is 6. The highest BCUT2D eigenvalue weighted by molar-refractivity contribution is 5.91. The van der Waals surface area contributed by atoms with Crippen LogP contribution in [0.15, 0.2) is 11.6 Å². The summed E-state index contributed by atoms with van der Waals surface area (Å²) in [6.07, 6.45) is -20.0. The number of carboxylic acids is 1. The molecule has 3 heterocycles. The summed E-state index contributed by atoms with van der Waals surface area (Å²) in [5.74, 6) is -1.65. The second kappa shape index (κ2) is 17.5. The molecule has 5 aliphatic carbocycles. The summed E-state index contributed by atoms with van der Waals surface area (Å²) in [7, 11) is 0. The molecule has 19 heteroatoms. The molecule has 0 radical (unpaired) electrons. The molecular weight excluding hydrogens is 868 g/mol. The first-order valence-corrected chi connectivity index (χ1v) is 23.8. The number of aliphatic carboxylic acids is 1. The zero-order valence-electron chi connectivity index (χ0n) is 39.0. The van der Waals surface area contributed by atoms with E-state index in [4.69, 9.17) is 28.4 Å². The lowest BCUT2D eigenvalue weighted by atomic mass is 9.34. The van der Waals surface area contributed by atoms with Crippen LogP contribution in [0.25, 0.3) is 0 Å². The summed E-state index contributed by atoms with van der Waals surface area (Å²) < 4.78 is 35.4. The van der Waals surface area contributed by atoms with E-state index in [1.54, 1.807) is 0 Å². The molecule has 3 aliphatic heterocycles. The predicted octanol–water partition coefficient (Wildman–Crippen LogP) is -0.362. The van der Waals surface area contributed by atoms with Crippen molar-refractivity contribution in [1.29, 1.82) is 0 Å². The minimum Gasteiger partial charge on any atom is -0.479 e. The summed E-state index contributed by atoms with van der Waals surface area (Å²) in [6, 6.07) is 0. The van der Waals surface area contributed by atoms with E-state index in [1.807, 2.05) is 0 Å². The van der Waals surface area contributed by atoms with E-state index >= 15 is 0 Å². The van der Waals surface area contributed by atoms with Crippen molar-refractivity contribution in [1.82, 2.24) is 0 Å². The highest BCUT2D eigenvalue weighted by Gasteiger charge is 2.70. The van der Waals surface area contributed by atoms with Crippen LogP contribution in [-0.2, 0) is 38.0 Å². The van der Waals surface area contributed by atoms with Crippen LogP contribution in [0.4, 0.5) is 0 Å². The zero-order valence-corrected chi connectivity index (χ0v) is 39.0. The van der Waals surface area contributed by atoms with Crippen LogP contribution in [0.3, 0.4) is 0 Å². The standard InChI is InChI=1S/C47H74O19/c1-42(2)14-15-47(60)21(16-42)20-8-9-25-44(5)12-11-27(43(3,4)24(44)10-13-45(25,6)46(20,7)17-26(47)50)63-40-34(57)35(33(56)36(65-40)38(58)59)64-41-37(31(54)29(52)23(19-49)62-41)66-39-32(55)30(53)28(51)22(18-48)61-39/h8,21-25,27-37,39-41,48-49,51-57,60H,9-19H2,1-7H3,(H,58,59)/t21-,22+,23+,24-,25+,27-,28+,29+,30-,31-,32+,33-,34+,35-,36-,37+,39-,40+,41-,44-,45+,46+,47+/m0/s1. The number of allylic oxidation sites excluding steroid dienone is 1. The average Bonchev–Trinajstić information content (AvgIpc) is 3.24. The van der Waals surface area contributed by atoms with E-state index in [9.17, 15) is 65.8 Å². The van der Waals surface area contributed by atoms with Gasteiger partial charge in [0.15, 0.2) is 30.8 Å². The SMILES string of the molecule is CC1(C)CC[C@]2(O)C(=O)C[C@]3(C)C(=CC[C@@H]4[C@@]5(C)CC[C@H](O[C@@H]6O[C@H](C(=O)O)[C@@H](O)[C@H](O[C@@H]7O[C@H](CO)[C@@H](O)[C@H](O)[C@H]7O[C@@H]7O[C@H](CO)[C@@H](O)[C@H](O)[C@H]7O)[C@H]6O)C(C)(C)[C@@H]5CC[C@]43C)[C@@H]2C1. The molecule has 19 nitrogen and oxygen atoms in total. The Morgan fingerprint density at radius 1 is 0.682 bits per heavy atom. The van der Waals surface area contributed by atoms with Gasteiger partial charge in [-0.1, -0.05) is 60.1 Å². The van der Waals surface area contributed by atoms with Crippen LogP contribution in [0.2, 0.25) is 0 Å². The number of fused-ring (bicyclic) bond motifs is 7. The summed E-state index contributed by atoms with van der Waals surface area (Å²) in [6.45, 7) is 13.9. The van der Waals surface area contributed by atoms with Crippen LogP contribution in [0.1, 0.15) is 106 Å². The van der Waals surface area contributed by atoms with Crippen LogP contribution in [0, 0.1) is 44.8 Å². The third kappa shape index (κ3) is 7.78. The molecular formula is C47H74O19. The van der Waals surface area contributed by atoms with Gasteiger partial charge >= 0.3 is 5.97 Å². The molecule has 376 valence electrons. The Kier molecular flexibility index (Phi) is 13.4. The molecule has 8 aliphatic rings. The molecule has 8 rings (SSSR count). The van der Waals surface area contributed by atoms with E-state index in [0.29, 0.717) is 25.7 Å². The van der Waals surface area contributed by atoms with Crippen molar-refractivity contribution < 1.29 is 94.2 Å². The Balaban J connectivity index is 1.03. The minimum atomic E-state index is -2.09. The maximum Gasteiger partial charge on any atom is 0.335 e. The van der Waals surface area contributed by atoms with Crippen molar-refractivity contribution in [2.24, 2.45) is 44.8 Å². The number of hydrogen-bond donors (Lipinski definition) is 11. The predicted molar refractivity (Wildman–Crippen MR) is 226 cm³/mol. The highest BCUT2D eigenvalue weighted by atomic mass is 16.8. The first kappa shape index (κ1) is 50.6. The summed E-state index contributed by atoms with van der Waals surface area (Å²) >= 11 is 0. The number of Topliss-reactive ketones (excluding diaryl/α,β-unsaturated/α-hetero) is 1. The van der Waals surface area contributed by atoms with Gasteiger partial charge in [-0.2, -0.15) is 0 Å². The van der Waals surface area contributed by atoms with Gasteiger partial charge in [0.05, 0.1) is 19.3 Å². The molecule has 0 spiro atoms. The van der Waals surface area contributed by atoms with Crippen molar-refractivity contribution >= 4 is 11.8 Å². The molecule has 3 saturated heterocycles. The first-order valence-electron chi connectivity index (χ1n) is 23.8. The molecule has 4 saturated carbocycles. The number of ketones is 1. The Morgan fingerprint density at radius 2 is 1.29 bits per heavy atom. The van der Waals surface area contributed by atoms with E-state index in [0.717, 1.165) is 32.1 Å². The third-order valence-electron chi connectivity index (χ3n) is 18.7. The quantitative estimate of drug-likeness (QED) is 0.104. The Bertz CT molecular complexity index is 1860. The van der Waals surface area contributed by atoms with Gasteiger partial charge in [0.1, 0.15) is 72.7 Å². The normalized spacial score (nSPS) is 53.4. The average molecular weight is 943 g/mol. The molecule has 0 unspecified atom stereocenters. The van der Waals surface area contributed by atoms with Gasteiger partial charge in [-0.25, -0.2) is 4.79 Å². The molecule has 7 fully saturated rings. The van der Waals surface area contributed by atoms with Crippen LogP contribution < -0.4 is 0 Å². The number of aliphatic hydroxyl groups is 10. The van der Waals surface area contributed by atoms with Crippen LogP contribution in [0.5, 0.6) is 0 Å². The van der Waals surface area contributed by atoms with Gasteiger partial charge in [0.2, 0.25) is 0 Å². The molecule has 0 aromatic rings. The summed E-state index contributed by atoms with van der Waals surface area (Å²) in [5.41, 5.74) is -1.64. The van der Waals surface area contributed by atoms with E-state index < -0.39 is 134 Å². The fourth-order valence-corrected chi connectivity index (χ4v) is 14.6. The smallest absolute Gasteiger partial charge is 0.335 e. The molecule has 66 heavy (non-hydrogen) atoms. The largest absolute Gasteiger partial charge is 0.479 e. The van der Waals surface area contributed by atoms with E-state index in [-0.39, 0.29) is 39.8 Å². The maximum atomic E-state index is 14.1. The topological polar surface area (TPSA) is 312 Å². The van der Waals surface area contributed by atoms with Gasteiger partial charge in [-0.05, 0) is 84.9 Å². The second-order valence-electron chi connectivity index (χ2n) is 23.1. The Hall–Kier alpha value is -1.76. The van der Waals surface area contributed by atoms with Crippen molar-refractivity contribution in [3.8, 4) is 0 Å². The third-order valence-corrected chi connectivity index (χ3v) is 18.7. The van der Waals surface area contributed by atoms with Gasteiger partial charge in [-0.15, -0.1) is 0 Å². The van der Waals surface area contributed by atoms with Crippen molar-refractivity contribution in [3.63, 3.8) is 0 Å². The first-order chi connectivity index (χ1) is 30.7. The number of carbonyl (C=O) groups is 2. The number of carboxylic acid groups (broad SMARTS) is 1. The van der Waals surface area contributed by atoms with Gasteiger partial charge in [0.25, 0.3) is 0 Å². The molecule has 0 aromatic heterocycles. The van der Waals surface area contributed by atoms with Crippen molar-refractivity contribution in [2.75, 3.05) is 13.2 Å². The van der Waals surface area contributed by atoms with Gasteiger partial charge in [-0.3, -0.25) is 4.79 Å². The van der Waals surface area contributed by atoms with Crippen molar-refractivity contribution in [3.05, 3.63) is 11.6 Å². The number of rotatable bonds is 9. The lowest BCUT2D eigenvalue weighted by molar-refractivity contribution is -0.390. The highest BCUT2D eigenvalue weighted by Crippen LogP contribution is 2.74. The Morgan fingerprint density at radius 3 is 1.92 bits per heavy atom.